The van der Waals surface area contributed by atoms with E-state index >= 15 is 0 Å². The number of benzene rings is 1. The van der Waals surface area contributed by atoms with Crippen molar-refractivity contribution in [3.63, 3.8) is 0 Å². The van der Waals surface area contributed by atoms with Gasteiger partial charge in [-0.3, -0.25) is 4.79 Å². The topological polar surface area (TPSA) is 69.7 Å². The fourth-order valence-electron chi connectivity index (χ4n) is 2.14. The molecule has 1 rings (SSSR count). The van der Waals surface area contributed by atoms with Gasteiger partial charge in [-0.2, -0.15) is 0 Å². The quantitative estimate of drug-likeness (QED) is 0.458. The van der Waals surface area contributed by atoms with E-state index in [4.69, 9.17) is 9.47 Å². The molecule has 5 heteroatoms. The van der Waals surface area contributed by atoms with Crippen molar-refractivity contribution >= 4 is 18.2 Å². The molecular formula is C17H20O5. The van der Waals surface area contributed by atoms with Gasteiger partial charge in [0.15, 0.2) is 0 Å². The Labute approximate surface area is 129 Å². The van der Waals surface area contributed by atoms with Crippen LogP contribution < -0.4 is 0 Å². The number of esters is 2. The van der Waals surface area contributed by atoms with Gasteiger partial charge in [-0.15, -0.1) is 0 Å². The van der Waals surface area contributed by atoms with Crippen LogP contribution in [0.5, 0.6) is 0 Å². The molecule has 0 N–H and O–H groups in total. The molecule has 5 nitrogen and oxygen atoms in total. The summed E-state index contributed by atoms with van der Waals surface area (Å²) in [7, 11) is 2.55. The van der Waals surface area contributed by atoms with Gasteiger partial charge in [-0.25, -0.2) is 9.59 Å². The highest BCUT2D eigenvalue weighted by molar-refractivity contribution is 6.00. The summed E-state index contributed by atoms with van der Waals surface area (Å²) < 4.78 is 9.57. The maximum Gasteiger partial charge on any atom is 0.334 e. The number of ether oxygens (including phenoxy) is 2. The summed E-state index contributed by atoms with van der Waals surface area (Å²) in [5.74, 6) is -1.29. The summed E-state index contributed by atoms with van der Waals surface area (Å²) in [6.45, 7) is 3.62. The Hall–Kier alpha value is -2.43. The first-order valence-corrected chi connectivity index (χ1v) is 6.88. The lowest BCUT2D eigenvalue weighted by Crippen LogP contribution is -2.20. The Balaban J connectivity index is 3.28. The molecule has 1 aromatic rings. The number of rotatable bonds is 6. The number of hydrogen-bond donors (Lipinski definition) is 0. The van der Waals surface area contributed by atoms with Crippen LogP contribution in [0.2, 0.25) is 0 Å². The molecule has 0 spiro atoms. The van der Waals surface area contributed by atoms with Crippen LogP contribution >= 0.6 is 0 Å². The fourth-order valence-corrected chi connectivity index (χ4v) is 2.14. The fraction of sp³-hybridized carbons (Fsp3) is 0.353. The molecule has 0 bridgehead atoms. The Morgan fingerprint density at radius 1 is 1.05 bits per heavy atom. The average molecular weight is 304 g/mol. The van der Waals surface area contributed by atoms with Crippen LogP contribution in [0.4, 0.5) is 0 Å². The van der Waals surface area contributed by atoms with Crippen LogP contribution in [0.15, 0.2) is 35.4 Å². The highest BCUT2D eigenvalue weighted by Crippen LogP contribution is 2.21. The molecule has 0 amide bonds. The van der Waals surface area contributed by atoms with Crippen molar-refractivity contribution in [1.82, 2.24) is 0 Å². The van der Waals surface area contributed by atoms with Crippen molar-refractivity contribution in [2.24, 2.45) is 5.92 Å². The average Bonchev–Trinajstić information content (AvgIpc) is 2.53. The van der Waals surface area contributed by atoms with Gasteiger partial charge >= 0.3 is 11.9 Å². The van der Waals surface area contributed by atoms with Gasteiger partial charge in [0, 0.05) is 12.0 Å². The molecule has 0 heterocycles. The van der Waals surface area contributed by atoms with E-state index in [1.807, 2.05) is 13.8 Å². The van der Waals surface area contributed by atoms with Crippen molar-refractivity contribution < 1.29 is 23.9 Å². The Morgan fingerprint density at radius 2 is 1.59 bits per heavy atom. The molecular weight excluding hydrogens is 284 g/mol. The summed E-state index contributed by atoms with van der Waals surface area (Å²) in [5.41, 5.74) is 1.91. The zero-order chi connectivity index (χ0) is 16.7. The van der Waals surface area contributed by atoms with Gasteiger partial charge in [0.25, 0.3) is 0 Å². The predicted molar refractivity (Wildman–Crippen MR) is 81.4 cm³/mol. The van der Waals surface area contributed by atoms with Crippen LogP contribution in [0.25, 0.3) is 0 Å². The molecule has 0 saturated carbocycles. The second-order valence-electron chi connectivity index (χ2n) is 5.07. The lowest BCUT2D eigenvalue weighted by Gasteiger charge is -2.15. The number of aldehydes is 1. The maximum absolute atomic E-state index is 12.1. The number of carbonyl (C=O) groups excluding carboxylic acids is 3. The molecule has 0 aromatic heterocycles. The Morgan fingerprint density at radius 3 is 2.00 bits per heavy atom. The minimum absolute atomic E-state index is 0.184. The monoisotopic (exact) mass is 304 g/mol. The minimum Gasteiger partial charge on any atom is -0.466 e. The molecule has 0 fully saturated rings. The third-order valence-corrected chi connectivity index (χ3v) is 3.24. The van der Waals surface area contributed by atoms with Crippen LogP contribution in [0.1, 0.15) is 29.8 Å². The minimum atomic E-state index is -0.562. The summed E-state index contributed by atoms with van der Waals surface area (Å²) in [6.07, 6.45) is 0.975. The molecule has 0 atom stereocenters. The van der Waals surface area contributed by atoms with Crippen molar-refractivity contribution in [2.45, 2.75) is 20.3 Å². The third-order valence-electron chi connectivity index (χ3n) is 3.24. The standard InChI is InChI=1S/C17H20O5/c1-11(2)15(17(20)22-4)14(16(19)21-3)9-12-5-7-13(10-18)8-6-12/h5-8,10-11H,9H2,1-4H3/b15-14-. The number of carbonyl (C=O) groups is 3. The van der Waals surface area contributed by atoms with E-state index < -0.39 is 11.9 Å². The van der Waals surface area contributed by atoms with Gasteiger partial charge in [-0.05, 0) is 11.5 Å². The van der Waals surface area contributed by atoms with Crippen LogP contribution in [0, 0.1) is 5.92 Å². The predicted octanol–water partition coefficient (Wildman–Crippen LogP) is 2.34. The molecule has 0 radical (unpaired) electrons. The van der Waals surface area contributed by atoms with Crippen molar-refractivity contribution in [1.29, 1.82) is 0 Å². The van der Waals surface area contributed by atoms with Gasteiger partial charge in [0.05, 0.1) is 25.4 Å². The zero-order valence-corrected chi connectivity index (χ0v) is 13.2. The molecule has 0 unspecified atom stereocenters. The SMILES string of the molecule is COC(=O)/C(Cc1ccc(C=O)cc1)=C(\C(=O)OC)C(C)C. The van der Waals surface area contributed by atoms with Crippen molar-refractivity contribution in [3.8, 4) is 0 Å². The third kappa shape index (κ3) is 4.28. The number of hydrogen-bond acceptors (Lipinski definition) is 5. The molecule has 1 aromatic carbocycles. The highest BCUT2D eigenvalue weighted by atomic mass is 16.5. The first-order chi connectivity index (χ1) is 10.4. The van der Waals surface area contributed by atoms with Gasteiger partial charge in [-0.1, -0.05) is 38.1 Å². The Bertz CT molecular complexity index is 582. The second kappa shape index (κ2) is 8.12. The maximum atomic E-state index is 12.1. The van der Waals surface area contributed by atoms with Gasteiger partial charge < -0.3 is 9.47 Å². The highest BCUT2D eigenvalue weighted by Gasteiger charge is 2.25. The van der Waals surface area contributed by atoms with Crippen LogP contribution in [-0.4, -0.2) is 32.4 Å². The summed E-state index contributed by atoms with van der Waals surface area (Å²) in [5, 5.41) is 0. The normalized spacial score (nSPS) is 11.7. The Kier molecular flexibility index (Phi) is 6.50. The molecule has 0 aliphatic rings. The van der Waals surface area contributed by atoms with E-state index in [-0.39, 0.29) is 17.9 Å². The van der Waals surface area contributed by atoms with E-state index in [1.165, 1.54) is 14.2 Å². The summed E-state index contributed by atoms with van der Waals surface area (Å²) in [4.78, 5) is 34.7. The second-order valence-corrected chi connectivity index (χ2v) is 5.07. The van der Waals surface area contributed by atoms with Gasteiger partial charge in [0.2, 0.25) is 0 Å². The van der Waals surface area contributed by atoms with Crippen molar-refractivity contribution in [3.05, 3.63) is 46.5 Å². The lowest BCUT2D eigenvalue weighted by molar-refractivity contribution is -0.139. The lowest BCUT2D eigenvalue weighted by atomic mass is 9.92. The summed E-state index contributed by atoms with van der Waals surface area (Å²) in [6, 6.07) is 6.79. The molecule has 22 heavy (non-hydrogen) atoms. The van der Waals surface area contributed by atoms with E-state index in [9.17, 15) is 14.4 Å². The van der Waals surface area contributed by atoms with Crippen molar-refractivity contribution in [2.75, 3.05) is 14.2 Å². The van der Waals surface area contributed by atoms with E-state index in [2.05, 4.69) is 0 Å². The molecule has 0 saturated heterocycles. The smallest absolute Gasteiger partial charge is 0.334 e. The van der Waals surface area contributed by atoms with E-state index in [1.54, 1.807) is 24.3 Å². The number of methoxy groups -OCH3 is 2. The molecule has 118 valence electrons. The molecule has 0 aliphatic carbocycles. The van der Waals surface area contributed by atoms with Crippen LogP contribution in [-0.2, 0) is 25.5 Å². The first-order valence-electron chi connectivity index (χ1n) is 6.88. The van der Waals surface area contributed by atoms with E-state index in [0.29, 0.717) is 11.1 Å². The largest absolute Gasteiger partial charge is 0.466 e. The molecule has 0 aliphatic heterocycles. The van der Waals surface area contributed by atoms with E-state index in [0.717, 1.165) is 11.8 Å². The first kappa shape index (κ1) is 17.6. The van der Waals surface area contributed by atoms with Gasteiger partial charge in [0.1, 0.15) is 6.29 Å². The summed E-state index contributed by atoms with van der Waals surface area (Å²) >= 11 is 0. The zero-order valence-electron chi connectivity index (χ0n) is 13.2. The van der Waals surface area contributed by atoms with Crippen LogP contribution in [0.3, 0.4) is 0 Å².